The van der Waals surface area contributed by atoms with Crippen molar-refractivity contribution < 1.29 is 58.9 Å². The van der Waals surface area contributed by atoms with E-state index in [1.165, 1.54) is 39.4 Å². The third kappa shape index (κ3) is 8.66. The molecule has 2 aromatic rings. The van der Waals surface area contributed by atoms with E-state index < -0.39 is 83.6 Å². The van der Waals surface area contributed by atoms with E-state index in [-0.39, 0.29) is 67.5 Å². The molecule has 0 aromatic heterocycles. The van der Waals surface area contributed by atoms with E-state index in [1.54, 1.807) is 46.8 Å². The number of aliphatic hydroxyl groups excluding tert-OH is 3. The maximum absolute atomic E-state index is 14.7. The van der Waals surface area contributed by atoms with Gasteiger partial charge in [0.15, 0.2) is 11.4 Å². The van der Waals surface area contributed by atoms with Crippen LogP contribution in [0.2, 0.25) is 0 Å². The molecule has 1 fully saturated rings. The first-order chi connectivity index (χ1) is 29.2. The number of fused-ring (bicyclic) bond motifs is 1. The zero-order chi connectivity index (χ0) is 45.6. The van der Waals surface area contributed by atoms with Gasteiger partial charge >= 0.3 is 11.8 Å². The second-order valence-corrected chi connectivity index (χ2v) is 18.2. The minimum Gasteiger partial charge on any atom is -0.507 e. The maximum Gasteiger partial charge on any atom is 0.312 e. The molecule has 4 aliphatic heterocycles. The van der Waals surface area contributed by atoms with Gasteiger partial charge in [-0.05, 0) is 31.4 Å². The Morgan fingerprint density at radius 1 is 0.968 bits per heavy atom. The summed E-state index contributed by atoms with van der Waals surface area (Å²) < 4.78 is 24.0. The molecular weight excluding hydrogens is 799 g/mol. The lowest BCUT2D eigenvalue weighted by atomic mass is 9.78. The maximum atomic E-state index is 14.7. The lowest BCUT2D eigenvalue weighted by Crippen LogP contribution is -2.47. The van der Waals surface area contributed by atoms with E-state index >= 15 is 0 Å². The van der Waals surface area contributed by atoms with Crippen LogP contribution in [0.3, 0.4) is 0 Å². The fourth-order valence-electron chi connectivity index (χ4n) is 9.46. The van der Waals surface area contributed by atoms with E-state index in [0.29, 0.717) is 31.8 Å². The number of carbonyl (C=O) groups excluding carboxylic acids is 3. The lowest BCUT2D eigenvalue weighted by molar-refractivity contribution is -0.160. The van der Waals surface area contributed by atoms with Crippen LogP contribution in [0.5, 0.6) is 17.2 Å². The first kappa shape index (κ1) is 46.8. The summed E-state index contributed by atoms with van der Waals surface area (Å²) in [5, 5.41) is 58.0. The van der Waals surface area contributed by atoms with Gasteiger partial charge in [0.05, 0.1) is 52.8 Å². The second kappa shape index (κ2) is 18.2. The number of hydrogen-bond donors (Lipinski definition) is 5. The molecule has 9 unspecified atom stereocenters. The quantitative estimate of drug-likeness (QED) is 0.270. The Balaban J connectivity index is 1.55. The van der Waals surface area contributed by atoms with E-state index in [1.807, 2.05) is 0 Å². The van der Waals surface area contributed by atoms with Crippen molar-refractivity contribution in [3.8, 4) is 17.2 Å². The molecule has 2 aromatic carbocycles. The Hall–Kier alpha value is -4.67. The Labute approximate surface area is 362 Å². The number of aliphatic hydroxyl groups is 3. The van der Waals surface area contributed by atoms with Gasteiger partial charge in [0, 0.05) is 100 Å². The van der Waals surface area contributed by atoms with Crippen molar-refractivity contribution in [3.05, 3.63) is 63.5 Å². The number of ether oxygens (including phenoxy) is 4. The van der Waals surface area contributed by atoms with E-state index in [9.17, 15) is 39.9 Å². The summed E-state index contributed by atoms with van der Waals surface area (Å²) in [6.07, 6.45) is 4.00. The van der Waals surface area contributed by atoms with Gasteiger partial charge in [-0.3, -0.25) is 24.4 Å². The Morgan fingerprint density at radius 2 is 1.63 bits per heavy atom. The van der Waals surface area contributed by atoms with Crippen LogP contribution in [-0.4, -0.2) is 117 Å². The summed E-state index contributed by atoms with van der Waals surface area (Å²) in [6.45, 7) is 17.1. The second-order valence-electron chi connectivity index (χ2n) is 18.2. The number of methoxy groups -OCH3 is 1. The highest BCUT2D eigenvalue weighted by atomic mass is 16.7. The smallest absolute Gasteiger partial charge is 0.312 e. The first-order valence-corrected chi connectivity index (χ1v) is 21.6. The highest BCUT2D eigenvalue weighted by Gasteiger charge is 2.50. The number of rotatable bonds is 5. The number of aromatic hydroxyl groups is 2. The van der Waals surface area contributed by atoms with Crippen molar-refractivity contribution in [3.63, 3.8) is 0 Å². The highest BCUT2D eigenvalue weighted by Crippen LogP contribution is 2.49. The molecule has 4 heterocycles. The van der Waals surface area contributed by atoms with Crippen LogP contribution in [-0.2, 0) is 30.2 Å². The molecule has 62 heavy (non-hydrogen) atoms. The predicted octanol–water partition coefficient (Wildman–Crippen LogP) is 3.89. The van der Waals surface area contributed by atoms with Crippen molar-refractivity contribution in [2.45, 2.75) is 117 Å². The summed E-state index contributed by atoms with van der Waals surface area (Å²) in [6, 6.07) is 0. The Kier molecular flexibility index (Phi) is 13.7. The number of piperidine rings is 1. The van der Waals surface area contributed by atoms with Crippen LogP contribution in [0.4, 0.5) is 0 Å². The zero-order valence-corrected chi connectivity index (χ0v) is 37.5. The van der Waals surface area contributed by atoms with E-state index in [4.69, 9.17) is 28.9 Å². The summed E-state index contributed by atoms with van der Waals surface area (Å²) in [5.74, 6) is -6.82. The third-order valence-electron chi connectivity index (χ3n) is 13.2. The Morgan fingerprint density at radius 3 is 2.24 bits per heavy atom. The molecule has 4 aliphatic rings. The molecule has 0 aliphatic carbocycles. The molecule has 1 spiro atoms. The third-order valence-corrected chi connectivity index (χ3v) is 13.2. The molecular formula is C47H63N3O12. The van der Waals surface area contributed by atoms with Crippen LogP contribution < -0.4 is 15.5 Å². The number of nitrogens with zero attached hydrogens (tertiary/aromatic N) is 3. The van der Waals surface area contributed by atoms with Crippen LogP contribution >= 0.6 is 0 Å². The number of benzene rings is 2. The number of esters is 1. The van der Waals surface area contributed by atoms with Crippen LogP contribution in [0.25, 0.3) is 10.8 Å². The summed E-state index contributed by atoms with van der Waals surface area (Å²) in [7, 11) is 1.45. The standard InChI is InChI=1S/C47H63N3O12/c1-23(2)21-50-17-15-47(16-18-50)48-37-31-20-32(53)24(3)12-11-13-30(22-51)40(55)26(5)39(54)27(6)43(61-29(8)52)25(4)33(59-10)14-19-60-46(9)45(58)36-34(38(37)49-47)35(42(31)57)41(56)28(7)44(36)62-46/h11-14,19,23,25-27,30,33,39-40,43,51,54-57H,15-18,20-22H2,1-10H3/b13-11?,19-14-,24-12+. The van der Waals surface area contributed by atoms with Crippen LogP contribution in [0, 0.1) is 36.5 Å². The average molecular weight is 862 g/mol. The van der Waals surface area contributed by atoms with E-state index in [2.05, 4.69) is 18.7 Å². The molecule has 15 heteroatoms. The highest BCUT2D eigenvalue weighted by molar-refractivity contribution is 6.18. The predicted molar refractivity (Wildman–Crippen MR) is 229 cm³/mol. The summed E-state index contributed by atoms with van der Waals surface area (Å²) in [4.78, 5) is 53.9. The minimum absolute atomic E-state index is 0.0451. The van der Waals surface area contributed by atoms with Gasteiger partial charge in [0.2, 0.25) is 0 Å². The van der Waals surface area contributed by atoms with Gasteiger partial charge in [-0.15, -0.1) is 0 Å². The number of likely N-dealkylation sites (tertiary alicyclic amines) is 1. The van der Waals surface area contributed by atoms with Gasteiger partial charge in [-0.2, -0.15) is 0 Å². The molecule has 0 saturated carbocycles. The molecule has 6 rings (SSSR count). The van der Waals surface area contributed by atoms with Gasteiger partial charge < -0.3 is 49.4 Å². The summed E-state index contributed by atoms with van der Waals surface area (Å²) in [5.41, 5.74) is -0.290. The van der Waals surface area contributed by atoms with Crippen LogP contribution in [0.15, 0.2) is 46.1 Å². The molecule has 9 atom stereocenters. The number of carbonyl (C=O) groups is 3. The van der Waals surface area contributed by atoms with Crippen molar-refractivity contribution in [2.75, 3.05) is 33.4 Å². The normalized spacial score (nSPS) is 31.9. The van der Waals surface area contributed by atoms with Crippen molar-refractivity contribution in [2.24, 2.45) is 39.6 Å². The fourth-order valence-corrected chi connectivity index (χ4v) is 9.46. The number of Topliss-reactive ketones (excluding diaryl/α,β-unsaturated/α-hetero) is 2. The summed E-state index contributed by atoms with van der Waals surface area (Å²) >= 11 is 0. The number of allylic oxidation sites excluding steroid dienone is 3. The molecule has 0 radical (unpaired) electrons. The van der Waals surface area contributed by atoms with Crippen molar-refractivity contribution in [1.82, 2.24) is 4.90 Å². The fraction of sp³-hybridized carbons (Fsp3) is 0.596. The topological polar surface area (TPSA) is 217 Å². The molecule has 15 nitrogen and oxygen atoms in total. The molecule has 1 saturated heterocycles. The van der Waals surface area contributed by atoms with Gasteiger partial charge in [0.1, 0.15) is 23.4 Å². The van der Waals surface area contributed by atoms with Crippen molar-refractivity contribution >= 4 is 28.3 Å². The number of ketones is 2. The number of phenolic OH excluding ortho intramolecular Hbond substituents is 2. The largest absolute Gasteiger partial charge is 0.507 e. The Bertz CT molecular complexity index is 2310. The molecule has 338 valence electrons. The monoisotopic (exact) mass is 861 g/mol. The number of hydrogen-bond acceptors (Lipinski definition) is 15. The van der Waals surface area contributed by atoms with Gasteiger partial charge in [-0.1, -0.05) is 52.8 Å². The minimum atomic E-state index is -1.96. The lowest BCUT2D eigenvalue weighted by Gasteiger charge is -2.38. The molecule has 4 bridgehead atoms. The van der Waals surface area contributed by atoms with Gasteiger partial charge in [0.25, 0.3) is 5.78 Å². The average Bonchev–Trinajstić information content (AvgIpc) is 3.73. The van der Waals surface area contributed by atoms with Gasteiger partial charge in [-0.25, -0.2) is 0 Å². The SMILES string of the molecule is COC1/C=C\OC2(C)Oc3c(C)c(O)c4c(O)c(c5c(c4c3C2=O)=NC2(CCN(CC(C)C)CC2)N=5)CC(=O)/C(C)=C/C=CC(CO)C(O)C(C)C(O)C(C)C(OC(C)=O)C1C. The van der Waals surface area contributed by atoms with Crippen molar-refractivity contribution in [1.29, 1.82) is 0 Å². The van der Waals surface area contributed by atoms with Crippen LogP contribution in [0.1, 0.15) is 89.7 Å². The molecule has 0 amide bonds. The zero-order valence-electron chi connectivity index (χ0n) is 37.5. The molecule has 5 N–H and O–H groups in total. The van der Waals surface area contributed by atoms with E-state index in [0.717, 1.165) is 6.54 Å². The number of phenols is 2. The first-order valence-electron chi connectivity index (χ1n) is 21.6.